The molecule has 3 N–H and O–H groups in total. The van der Waals surface area contributed by atoms with Gasteiger partial charge in [-0.3, -0.25) is 4.99 Å². The van der Waals surface area contributed by atoms with E-state index in [2.05, 4.69) is 9.98 Å². The van der Waals surface area contributed by atoms with Gasteiger partial charge in [0.1, 0.15) is 5.84 Å². The summed E-state index contributed by atoms with van der Waals surface area (Å²) in [5.74, 6) is 0.583. The highest BCUT2D eigenvalue weighted by atomic mass is 14.8. The van der Waals surface area contributed by atoms with Crippen molar-refractivity contribution in [3.8, 4) is 0 Å². The molecule has 0 unspecified atom stereocenters. The Morgan fingerprint density at radius 2 is 2.07 bits per heavy atom. The molecule has 1 aromatic heterocycles. The minimum atomic E-state index is 0.583. The molecule has 0 saturated carbocycles. The average Bonchev–Trinajstić information content (AvgIpc) is 2.53. The summed E-state index contributed by atoms with van der Waals surface area (Å²) in [5, 5.41) is 1.13. The number of H-pyrrole nitrogens is 1. The topological polar surface area (TPSA) is 54.2 Å². The molecule has 3 heteroatoms. The van der Waals surface area contributed by atoms with Crippen LogP contribution in [-0.4, -0.2) is 17.9 Å². The van der Waals surface area contributed by atoms with Gasteiger partial charge in [-0.1, -0.05) is 18.2 Å². The number of aryl methyl sites for hydroxylation is 1. The number of hydrogen-bond acceptors (Lipinski definition) is 1. The first kappa shape index (κ1) is 8.81. The van der Waals surface area contributed by atoms with Crippen LogP contribution >= 0.6 is 0 Å². The Labute approximate surface area is 82.7 Å². The Bertz CT molecular complexity index is 494. The number of para-hydroxylation sites is 1. The van der Waals surface area contributed by atoms with E-state index in [1.807, 2.05) is 31.2 Å². The monoisotopic (exact) mass is 187 g/mol. The van der Waals surface area contributed by atoms with Crippen LogP contribution in [0.2, 0.25) is 0 Å². The zero-order chi connectivity index (χ0) is 10.1. The predicted molar refractivity (Wildman–Crippen MR) is 59.7 cm³/mol. The third-order valence-electron chi connectivity index (χ3n) is 2.39. The maximum absolute atomic E-state index is 5.84. The van der Waals surface area contributed by atoms with Gasteiger partial charge < -0.3 is 10.7 Å². The highest BCUT2D eigenvalue weighted by Crippen LogP contribution is 2.21. The zero-order valence-corrected chi connectivity index (χ0v) is 8.33. The van der Waals surface area contributed by atoms with Crippen molar-refractivity contribution < 1.29 is 0 Å². The maximum atomic E-state index is 5.84. The van der Waals surface area contributed by atoms with E-state index in [9.17, 15) is 0 Å². The molecule has 1 heterocycles. The number of fused-ring (bicyclic) bond motifs is 1. The summed E-state index contributed by atoms with van der Waals surface area (Å²) in [6, 6.07) is 8.09. The number of aromatic amines is 1. The summed E-state index contributed by atoms with van der Waals surface area (Å²) in [6.07, 6.45) is 0. The number of amidine groups is 1. The summed E-state index contributed by atoms with van der Waals surface area (Å²) in [5.41, 5.74) is 9.02. The van der Waals surface area contributed by atoms with Gasteiger partial charge in [0.25, 0.3) is 0 Å². The second kappa shape index (κ2) is 3.18. The molecule has 3 nitrogen and oxygen atoms in total. The van der Waals surface area contributed by atoms with Crippen LogP contribution in [0.5, 0.6) is 0 Å². The second-order valence-corrected chi connectivity index (χ2v) is 3.28. The first-order valence-corrected chi connectivity index (χ1v) is 4.54. The van der Waals surface area contributed by atoms with Gasteiger partial charge in [0, 0.05) is 29.2 Å². The standard InChI is InChI=1S/C11H13N3/c1-7-10(11(12)13-2)8-5-3-4-6-9(8)14-7/h3-6,14H,1-2H3,(H2,12,13). The minimum Gasteiger partial charge on any atom is -0.383 e. The third-order valence-corrected chi connectivity index (χ3v) is 2.39. The van der Waals surface area contributed by atoms with Crippen molar-refractivity contribution in [1.82, 2.24) is 4.98 Å². The molecule has 0 aliphatic rings. The SMILES string of the molecule is CN=C(N)c1c(C)[nH]c2ccccc12. The Balaban J connectivity index is 2.81. The molecule has 0 bridgehead atoms. The molecule has 0 saturated heterocycles. The number of nitrogens with zero attached hydrogens (tertiary/aromatic N) is 1. The molecule has 0 aliphatic heterocycles. The normalized spacial score (nSPS) is 12.3. The summed E-state index contributed by atoms with van der Waals surface area (Å²) in [7, 11) is 1.70. The fourth-order valence-electron chi connectivity index (χ4n) is 1.72. The van der Waals surface area contributed by atoms with Crippen LogP contribution in [-0.2, 0) is 0 Å². The van der Waals surface area contributed by atoms with Crippen molar-refractivity contribution in [3.63, 3.8) is 0 Å². The van der Waals surface area contributed by atoms with Gasteiger partial charge in [-0.25, -0.2) is 0 Å². The third kappa shape index (κ3) is 1.18. The molecule has 0 fully saturated rings. The van der Waals surface area contributed by atoms with Gasteiger partial charge in [-0.2, -0.15) is 0 Å². The molecule has 14 heavy (non-hydrogen) atoms. The van der Waals surface area contributed by atoms with E-state index < -0.39 is 0 Å². The summed E-state index contributed by atoms with van der Waals surface area (Å²) >= 11 is 0. The van der Waals surface area contributed by atoms with Crippen LogP contribution in [0.1, 0.15) is 11.3 Å². The van der Waals surface area contributed by atoms with Gasteiger partial charge in [0.2, 0.25) is 0 Å². The van der Waals surface area contributed by atoms with Gasteiger partial charge in [0.05, 0.1) is 0 Å². The lowest BCUT2D eigenvalue weighted by Crippen LogP contribution is -2.13. The van der Waals surface area contributed by atoms with Crippen molar-refractivity contribution in [2.45, 2.75) is 6.92 Å². The van der Waals surface area contributed by atoms with Crippen LogP contribution in [0, 0.1) is 6.92 Å². The predicted octanol–water partition coefficient (Wildman–Crippen LogP) is 1.81. The molecule has 2 aromatic rings. The van der Waals surface area contributed by atoms with Gasteiger partial charge in [-0.05, 0) is 13.0 Å². The van der Waals surface area contributed by atoms with Crippen LogP contribution in [0.15, 0.2) is 29.3 Å². The lowest BCUT2D eigenvalue weighted by Gasteiger charge is -1.98. The van der Waals surface area contributed by atoms with Crippen LogP contribution in [0.25, 0.3) is 10.9 Å². The van der Waals surface area contributed by atoms with E-state index >= 15 is 0 Å². The number of aliphatic imine (C=N–C) groups is 1. The van der Waals surface area contributed by atoms with Crippen molar-refractivity contribution >= 4 is 16.7 Å². The van der Waals surface area contributed by atoms with E-state index in [1.165, 1.54) is 0 Å². The van der Waals surface area contributed by atoms with Gasteiger partial charge in [-0.15, -0.1) is 0 Å². The Morgan fingerprint density at radius 3 is 2.79 bits per heavy atom. The molecule has 0 amide bonds. The first-order valence-electron chi connectivity index (χ1n) is 4.54. The fraction of sp³-hybridized carbons (Fsp3) is 0.182. The largest absolute Gasteiger partial charge is 0.383 e. The lowest BCUT2D eigenvalue weighted by molar-refractivity contribution is 1.28. The summed E-state index contributed by atoms with van der Waals surface area (Å²) < 4.78 is 0. The number of aromatic nitrogens is 1. The smallest absolute Gasteiger partial charge is 0.127 e. The lowest BCUT2D eigenvalue weighted by atomic mass is 10.1. The Morgan fingerprint density at radius 1 is 1.36 bits per heavy atom. The van der Waals surface area contributed by atoms with Crippen LogP contribution < -0.4 is 5.73 Å². The quantitative estimate of drug-likeness (QED) is 0.519. The number of nitrogens with two attached hydrogens (primary N) is 1. The maximum Gasteiger partial charge on any atom is 0.127 e. The van der Waals surface area contributed by atoms with Crippen LogP contribution in [0.4, 0.5) is 0 Å². The second-order valence-electron chi connectivity index (χ2n) is 3.28. The summed E-state index contributed by atoms with van der Waals surface area (Å²) in [4.78, 5) is 7.30. The first-order chi connectivity index (χ1) is 6.74. The molecular weight excluding hydrogens is 174 g/mol. The fourth-order valence-corrected chi connectivity index (χ4v) is 1.72. The molecule has 72 valence electrons. The van der Waals surface area contributed by atoms with E-state index in [4.69, 9.17) is 5.73 Å². The van der Waals surface area contributed by atoms with E-state index in [1.54, 1.807) is 7.05 Å². The van der Waals surface area contributed by atoms with Crippen molar-refractivity contribution in [2.24, 2.45) is 10.7 Å². The zero-order valence-electron chi connectivity index (χ0n) is 8.33. The molecule has 1 aromatic carbocycles. The van der Waals surface area contributed by atoms with Crippen molar-refractivity contribution in [1.29, 1.82) is 0 Å². The number of nitrogens with one attached hydrogen (secondary N) is 1. The number of rotatable bonds is 1. The molecule has 2 rings (SSSR count). The number of benzene rings is 1. The molecule has 0 radical (unpaired) electrons. The Kier molecular flexibility index (Phi) is 2.00. The average molecular weight is 187 g/mol. The van der Waals surface area contributed by atoms with Crippen LogP contribution in [0.3, 0.4) is 0 Å². The Hall–Kier alpha value is -1.77. The van der Waals surface area contributed by atoms with Crippen molar-refractivity contribution in [2.75, 3.05) is 7.05 Å². The van der Waals surface area contributed by atoms with Crippen molar-refractivity contribution in [3.05, 3.63) is 35.5 Å². The molecule has 0 atom stereocenters. The highest BCUT2D eigenvalue weighted by Gasteiger charge is 2.09. The highest BCUT2D eigenvalue weighted by molar-refractivity contribution is 6.09. The summed E-state index contributed by atoms with van der Waals surface area (Å²) in [6.45, 7) is 2.01. The molecule has 0 aliphatic carbocycles. The minimum absolute atomic E-state index is 0.583. The van der Waals surface area contributed by atoms with Gasteiger partial charge >= 0.3 is 0 Å². The molecule has 0 spiro atoms. The van der Waals surface area contributed by atoms with E-state index in [0.717, 1.165) is 22.2 Å². The van der Waals surface area contributed by atoms with Gasteiger partial charge in [0.15, 0.2) is 0 Å². The van der Waals surface area contributed by atoms with E-state index in [-0.39, 0.29) is 0 Å². The number of hydrogen-bond donors (Lipinski definition) is 2. The van der Waals surface area contributed by atoms with E-state index in [0.29, 0.717) is 5.84 Å². The molecular formula is C11H13N3.